The minimum absolute atomic E-state index is 0.147. The number of hydrogen-bond donors (Lipinski definition) is 2. The van der Waals surface area contributed by atoms with Gasteiger partial charge in [0, 0.05) is 18.0 Å². The van der Waals surface area contributed by atoms with E-state index in [4.69, 9.17) is 11.6 Å². The Kier molecular flexibility index (Phi) is 5.49. The van der Waals surface area contributed by atoms with Crippen LogP contribution in [0.2, 0.25) is 5.02 Å². The predicted octanol–water partition coefficient (Wildman–Crippen LogP) is 4.03. The molecule has 1 fully saturated rings. The first-order valence-electron chi connectivity index (χ1n) is 10.4. The first-order chi connectivity index (χ1) is 15.8. The second-order valence-corrected chi connectivity index (χ2v) is 8.45. The molecule has 2 aromatic carbocycles. The fraction of sp³-hybridized carbons (Fsp3) is 0.318. The highest BCUT2D eigenvalue weighted by Crippen LogP contribution is 2.33. The molecular formula is C22H19ClF3N5O2. The number of fused-ring (bicyclic) bond motifs is 2. The molecule has 4 aromatic rings. The van der Waals surface area contributed by atoms with E-state index < -0.39 is 12.1 Å². The van der Waals surface area contributed by atoms with Crippen molar-refractivity contribution in [1.82, 2.24) is 25.1 Å². The van der Waals surface area contributed by atoms with Crippen LogP contribution in [0.3, 0.4) is 0 Å². The van der Waals surface area contributed by atoms with Crippen LogP contribution < -0.4 is 15.6 Å². The van der Waals surface area contributed by atoms with E-state index in [9.17, 15) is 18.0 Å². The molecule has 3 heterocycles. The molecule has 33 heavy (non-hydrogen) atoms. The minimum Gasteiger partial charge on any atom is -0.404 e. The van der Waals surface area contributed by atoms with Crippen molar-refractivity contribution >= 4 is 33.4 Å². The van der Waals surface area contributed by atoms with Crippen LogP contribution in [0.15, 0.2) is 41.2 Å². The first kappa shape index (κ1) is 21.7. The molecule has 1 aliphatic rings. The number of imidazole rings is 1. The van der Waals surface area contributed by atoms with Gasteiger partial charge in [-0.1, -0.05) is 29.8 Å². The van der Waals surface area contributed by atoms with Crippen LogP contribution in [0.25, 0.3) is 21.8 Å². The Balaban J connectivity index is 1.53. The standard InChI is InChI=1S/C22H19ClF3N5O2/c23-15-7-17-18(8-19(15)33-22(24,25)26)29-20(28-17)9-16-13-3-1-2-4-14(13)21(32)31(30-16)11-12-5-6-27-10-12/h1-4,7-8,12,27H,5-6,9-11H2,(H,28,29). The van der Waals surface area contributed by atoms with Crippen molar-refractivity contribution in [2.45, 2.75) is 25.7 Å². The van der Waals surface area contributed by atoms with Crippen LogP contribution in [0.1, 0.15) is 17.9 Å². The summed E-state index contributed by atoms with van der Waals surface area (Å²) in [6.07, 6.45) is -3.63. The monoisotopic (exact) mass is 477 g/mol. The Morgan fingerprint density at radius 2 is 2.00 bits per heavy atom. The number of rotatable bonds is 5. The zero-order valence-electron chi connectivity index (χ0n) is 17.2. The van der Waals surface area contributed by atoms with Gasteiger partial charge in [-0.2, -0.15) is 5.10 Å². The molecule has 1 aliphatic heterocycles. The van der Waals surface area contributed by atoms with Gasteiger partial charge in [0.25, 0.3) is 5.56 Å². The molecule has 1 atom stereocenters. The van der Waals surface area contributed by atoms with E-state index in [1.54, 1.807) is 12.1 Å². The molecule has 0 aliphatic carbocycles. The quantitative estimate of drug-likeness (QED) is 0.453. The lowest BCUT2D eigenvalue weighted by atomic mass is 10.1. The van der Waals surface area contributed by atoms with Crippen molar-refractivity contribution in [2.24, 2.45) is 5.92 Å². The molecule has 2 aromatic heterocycles. The van der Waals surface area contributed by atoms with Gasteiger partial charge in [-0.05, 0) is 37.6 Å². The molecule has 2 N–H and O–H groups in total. The van der Waals surface area contributed by atoms with E-state index in [1.807, 2.05) is 12.1 Å². The van der Waals surface area contributed by atoms with Crippen molar-refractivity contribution in [3.63, 3.8) is 0 Å². The van der Waals surface area contributed by atoms with E-state index in [1.165, 1.54) is 10.7 Å². The number of H-pyrrole nitrogens is 1. The summed E-state index contributed by atoms with van der Waals surface area (Å²) < 4.78 is 43.4. The van der Waals surface area contributed by atoms with Crippen molar-refractivity contribution in [1.29, 1.82) is 0 Å². The van der Waals surface area contributed by atoms with Crippen molar-refractivity contribution < 1.29 is 17.9 Å². The predicted molar refractivity (Wildman–Crippen MR) is 118 cm³/mol. The Labute approximate surface area is 190 Å². The number of nitrogens with zero attached hydrogens (tertiary/aromatic N) is 3. The second kappa shape index (κ2) is 8.35. The second-order valence-electron chi connectivity index (χ2n) is 8.05. The summed E-state index contributed by atoms with van der Waals surface area (Å²) in [7, 11) is 0. The van der Waals surface area contributed by atoms with E-state index in [0.717, 1.165) is 25.6 Å². The zero-order chi connectivity index (χ0) is 23.2. The van der Waals surface area contributed by atoms with E-state index in [0.29, 0.717) is 40.3 Å². The van der Waals surface area contributed by atoms with Gasteiger partial charge in [0.2, 0.25) is 0 Å². The Morgan fingerprint density at radius 1 is 1.21 bits per heavy atom. The Hall–Kier alpha value is -3.11. The fourth-order valence-electron chi connectivity index (χ4n) is 4.18. The lowest BCUT2D eigenvalue weighted by Gasteiger charge is -2.13. The van der Waals surface area contributed by atoms with Crippen molar-refractivity contribution in [3.8, 4) is 5.75 Å². The number of benzene rings is 2. The van der Waals surface area contributed by atoms with E-state index in [2.05, 4.69) is 25.1 Å². The molecule has 1 saturated heterocycles. The van der Waals surface area contributed by atoms with Crippen LogP contribution in [0, 0.1) is 5.92 Å². The van der Waals surface area contributed by atoms with Gasteiger partial charge in [0.1, 0.15) is 11.6 Å². The molecule has 0 saturated carbocycles. The lowest BCUT2D eigenvalue weighted by Crippen LogP contribution is -2.28. The SMILES string of the molecule is O=c1c2ccccc2c(Cc2nc3cc(OC(F)(F)F)c(Cl)cc3[nH]2)nn1CC1CCNC1. The van der Waals surface area contributed by atoms with Crippen molar-refractivity contribution in [2.75, 3.05) is 13.1 Å². The number of aromatic amines is 1. The molecule has 7 nitrogen and oxygen atoms in total. The van der Waals surface area contributed by atoms with Crippen LogP contribution in [0.4, 0.5) is 13.2 Å². The maximum absolute atomic E-state index is 13.0. The normalized spacial score (nSPS) is 16.7. The maximum atomic E-state index is 13.0. The van der Waals surface area contributed by atoms with Gasteiger partial charge in [-0.25, -0.2) is 9.67 Å². The number of nitrogens with one attached hydrogen (secondary N) is 2. The Bertz CT molecular complexity index is 1390. The molecule has 0 bridgehead atoms. The third-order valence-electron chi connectivity index (χ3n) is 5.68. The highest BCUT2D eigenvalue weighted by molar-refractivity contribution is 6.32. The van der Waals surface area contributed by atoms with E-state index in [-0.39, 0.29) is 22.5 Å². The topological polar surface area (TPSA) is 84.8 Å². The Morgan fingerprint density at radius 3 is 2.73 bits per heavy atom. The van der Waals surface area contributed by atoms with Crippen LogP contribution >= 0.6 is 11.6 Å². The van der Waals surface area contributed by atoms with Crippen LogP contribution in [-0.2, 0) is 13.0 Å². The summed E-state index contributed by atoms with van der Waals surface area (Å²) in [5.74, 6) is 0.289. The van der Waals surface area contributed by atoms with Gasteiger partial charge >= 0.3 is 6.36 Å². The van der Waals surface area contributed by atoms with E-state index >= 15 is 0 Å². The summed E-state index contributed by atoms with van der Waals surface area (Å²) in [5, 5.41) is 9.01. The summed E-state index contributed by atoms with van der Waals surface area (Å²) in [6, 6.07) is 9.72. The van der Waals surface area contributed by atoms with Crippen molar-refractivity contribution in [3.05, 3.63) is 63.3 Å². The summed E-state index contributed by atoms with van der Waals surface area (Å²) >= 11 is 5.95. The van der Waals surface area contributed by atoms with Gasteiger partial charge in [-0.15, -0.1) is 13.2 Å². The number of aromatic nitrogens is 4. The van der Waals surface area contributed by atoms with Crippen LogP contribution in [0.5, 0.6) is 5.75 Å². The maximum Gasteiger partial charge on any atom is 0.573 e. The molecule has 0 amide bonds. The zero-order valence-corrected chi connectivity index (χ0v) is 18.0. The molecule has 11 heteroatoms. The summed E-state index contributed by atoms with van der Waals surface area (Å²) in [5.41, 5.74) is 1.25. The number of alkyl halides is 3. The molecule has 0 radical (unpaired) electrons. The summed E-state index contributed by atoms with van der Waals surface area (Å²) in [4.78, 5) is 20.5. The average molecular weight is 478 g/mol. The number of ether oxygens (including phenoxy) is 1. The number of halogens is 4. The molecule has 0 spiro atoms. The van der Waals surface area contributed by atoms with Gasteiger partial charge in [0.05, 0.1) is 33.6 Å². The minimum atomic E-state index is -4.86. The van der Waals surface area contributed by atoms with Gasteiger partial charge < -0.3 is 15.0 Å². The molecule has 1 unspecified atom stereocenters. The average Bonchev–Trinajstić information content (AvgIpc) is 3.40. The number of hydrogen-bond acceptors (Lipinski definition) is 5. The lowest BCUT2D eigenvalue weighted by molar-refractivity contribution is -0.274. The van der Waals surface area contributed by atoms with Crippen LogP contribution in [-0.4, -0.2) is 39.2 Å². The molecule has 172 valence electrons. The van der Waals surface area contributed by atoms with Gasteiger partial charge in [-0.3, -0.25) is 4.79 Å². The highest BCUT2D eigenvalue weighted by atomic mass is 35.5. The smallest absolute Gasteiger partial charge is 0.404 e. The molecule has 5 rings (SSSR count). The first-order valence-corrected chi connectivity index (χ1v) is 10.8. The highest BCUT2D eigenvalue weighted by Gasteiger charge is 2.32. The summed E-state index contributed by atoms with van der Waals surface area (Å²) in [6.45, 7) is 2.27. The molecular weight excluding hydrogens is 459 g/mol. The third kappa shape index (κ3) is 4.53. The largest absolute Gasteiger partial charge is 0.573 e. The third-order valence-corrected chi connectivity index (χ3v) is 5.98. The van der Waals surface area contributed by atoms with Gasteiger partial charge in [0.15, 0.2) is 0 Å². The fourth-order valence-corrected chi connectivity index (χ4v) is 4.39.